The second-order valence-corrected chi connectivity index (χ2v) is 5.58. The summed E-state index contributed by atoms with van der Waals surface area (Å²) < 4.78 is 23.0. The van der Waals surface area contributed by atoms with E-state index >= 15 is 0 Å². The lowest BCUT2D eigenvalue weighted by atomic mass is 10.2. The van der Waals surface area contributed by atoms with Gasteiger partial charge in [-0.1, -0.05) is 12.1 Å². The van der Waals surface area contributed by atoms with E-state index in [0.717, 1.165) is 19.6 Å². The van der Waals surface area contributed by atoms with Crippen molar-refractivity contribution in [2.45, 2.75) is 13.1 Å². The number of halogens is 1. The van der Waals surface area contributed by atoms with Crippen LogP contribution in [0, 0.1) is 10.6 Å². The molecule has 120 valence electrons. The fourth-order valence-electron chi connectivity index (χ4n) is 2.24. The Morgan fingerprint density at radius 2 is 2.09 bits per heavy atom. The van der Waals surface area contributed by atoms with Gasteiger partial charge >= 0.3 is 0 Å². The quantitative estimate of drug-likeness (QED) is 0.579. The summed E-state index contributed by atoms with van der Waals surface area (Å²) in [6, 6.07) is 6.58. The van der Waals surface area contributed by atoms with Crippen LogP contribution in [0.4, 0.5) is 4.39 Å². The highest BCUT2D eigenvalue weighted by Gasteiger charge is 2.14. The zero-order valence-corrected chi connectivity index (χ0v) is 13.9. The summed E-state index contributed by atoms with van der Waals surface area (Å²) >= 11 is 5.40. The first-order valence-corrected chi connectivity index (χ1v) is 7.51. The average molecular weight is 324 g/mol. The van der Waals surface area contributed by atoms with Crippen LogP contribution in [0.1, 0.15) is 6.42 Å². The standard InChI is InChI=1S/C15H21FN4OS/c1-18(9-6-10-21-3)11-20-15(22)19(2)14(17-20)12-7-4-5-8-13(12)16/h4-5,7-8H,6,9-11H2,1-3H3. The summed E-state index contributed by atoms with van der Waals surface area (Å²) in [5, 5.41) is 4.47. The summed E-state index contributed by atoms with van der Waals surface area (Å²) in [5.41, 5.74) is 0.455. The van der Waals surface area contributed by atoms with Crippen molar-refractivity contribution in [3.05, 3.63) is 34.9 Å². The summed E-state index contributed by atoms with van der Waals surface area (Å²) in [5.74, 6) is 0.236. The third-order valence-electron chi connectivity index (χ3n) is 3.42. The van der Waals surface area contributed by atoms with E-state index in [1.807, 2.05) is 7.05 Å². The molecule has 1 aromatic heterocycles. The predicted molar refractivity (Wildman–Crippen MR) is 86.5 cm³/mol. The van der Waals surface area contributed by atoms with E-state index in [9.17, 15) is 4.39 Å². The Balaban J connectivity index is 2.20. The molecule has 0 radical (unpaired) electrons. The van der Waals surface area contributed by atoms with E-state index in [1.54, 1.807) is 41.6 Å². The Morgan fingerprint density at radius 3 is 2.77 bits per heavy atom. The molecule has 0 aliphatic carbocycles. The second-order valence-electron chi connectivity index (χ2n) is 5.21. The van der Waals surface area contributed by atoms with Crippen LogP contribution in [0.5, 0.6) is 0 Å². The summed E-state index contributed by atoms with van der Waals surface area (Å²) in [6.45, 7) is 2.16. The SMILES string of the molecule is COCCCN(C)Cn1nc(-c2ccccc2F)n(C)c1=S. The van der Waals surface area contributed by atoms with E-state index in [0.29, 0.717) is 22.8 Å². The molecule has 0 amide bonds. The minimum absolute atomic E-state index is 0.300. The van der Waals surface area contributed by atoms with Crippen molar-refractivity contribution in [2.75, 3.05) is 27.3 Å². The van der Waals surface area contributed by atoms with Gasteiger partial charge in [0.2, 0.25) is 0 Å². The average Bonchev–Trinajstić information content (AvgIpc) is 2.76. The first-order valence-electron chi connectivity index (χ1n) is 7.10. The lowest BCUT2D eigenvalue weighted by Crippen LogP contribution is -2.24. The third-order valence-corrected chi connectivity index (χ3v) is 3.90. The van der Waals surface area contributed by atoms with Crippen molar-refractivity contribution >= 4 is 12.2 Å². The van der Waals surface area contributed by atoms with Gasteiger partial charge in [-0.3, -0.25) is 4.90 Å². The zero-order chi connectivity index (χ0) is 16.1. The van der Waals surface area contributed by atoms with Gasteiger partial charge in [0.15, 0.2) is 10.6 Å². The Kier molecular flexibility index (Phi) is 5.82. The first kappa shape index (κ1) is 16.8. The number of hydrogen-bond acceptors (Lipinski definition) is 4. The Bertz CT molecular complexity index is 682. The maximum atomic E-state index is 13.9. The minimum atomic E-state index is -0.300. The van der Waals surface area contributed by atoms with Gasteiger partial charge in [-0.15, -0.1) is 0 Å². The molecule has 2 rings (SSSR count). The van der Waals surface area contributed by atoms with Crippen molar-refractivity contribution in [3.8, 4) is 11.4 Å². The number of rotatable bonds is 7. The monoisotopic (exact) mass is 324 g/mol. The molecule has 1 heterocycles. The molecule has 1 aromatic carbocycles. The van der Waals surface area contributed by atoms with Crippen LogP contribution in [0.3, 0.4) is 0 Å². The molecule has 0 spiro atoms. The summed E-state index contributed by atoms with van der Waals surface area (Å²) in [4.78, 5) is 2.10. The molecular weight excluding hydrogens is 303 g/mol. The Hall–Kier alpha value is -1.57. The van der Waals surface area contributed by atoms with Crippen LogP contribution in [-0.4, -0.2) is 46.6 Å². The molecule has 0 bridgehead atoms. The number of benzene rings is 1. The minimum Gasteiger partial charge on any atom is -0.385 e. The highest BCUT2D eigenvalue weighted by Crippen LogP contribution is 2.20. The van der Waals surface area contributed by atoms with Crippen LogP contribution >= 0.6 is 12.2 Å². The van der Waals surface area contributed by atoms with Gasteiger partial charge in [-0.25, -0.2) is 9.07 Å². The molecule has 0 saturated carbocycles. The van der Waals surface area contributed by atoms with Gasteiger partial charge in [0.1, 0.15) is 5.82 Å². The van der Waals surface area contributed by atoms with Gasteiger partial charge in [0.25, 0.3) is 0 Å². The van der Waals surface area contributed by atoms with Crippen molar-refractivity contribution < 1.29 is 9.13 Å². The van der Waals surface area contributed by atoms with Gasteiger partial charge in [-0.05, 0) is 37.8 Å². The number of hydrogen-bond donors (Lipinski definition) is 0. The molecule has 0 N–H and O–H groups in total. The zero-order valence-electron chi connectivity index (χ0n) is 13.1. The molecule has 2 aromatic rings. The molecule has 0 saturated heterocycles. The van der Waals surface area contributed by atoms with Crippen molar-refractivity contribution in [1.82, 2.24) is 19.2 Å². The number of aromatic nitrogens is 3. The number of ether oxygens (including phenoxy) is 1. The summed E-state index contributed by atoms with van der Waals surface area (Å²) in [6.07, 6.45) is 0.938. The van der Waals surface area contributed by atoms with Gasteiger partial charge in [0, 0.05) is 27.3 Å². The van der Waals surface area contributed by atoms with Gasteiger partial charge in [-0.2, -0.15) is 5.10 Å². The fraction of sp³-hybridized carbons (Fsp3) is 0.467. The molecule has 5 nitrogen and oxygen atoms in total. The molecule has 0 aliphatic rings. The van der Waals surface area contributed by atoms with E-state index in [1.165, 1.54) is 6.07 Å². The molecule has 7 heteroatoms. The summed E-state index contributed by atoms with van der Waals surface area (Å²) in [7, 11) is 5.49. The molecule has 0 aliphatic heterocycles. The highest BCUT2D eigenvalue weighted by atomic mass is 32.1. The maximum absolute atomic E-state index is 13.9. The lowest BCUT2D eigenvalue weighted by Gasteiger charge is -2.15. The fourth-order valence-corrected chi connectivity index (χ4v) is 2.42. The van der Waals surface area contributed by atoms with Crippen LogP contribution in [0.2, 0.25) is 0 Å². The Labute approximate surface area is 134 Å². The van der Waals surface area contributed by atoms with Crippen LogP contribution < -0.4 is 0 Å². The van der Waals surface area contributed by atoms with Gasteiger partial charge < -0.3 is 9.30 Å². The highest BCUT2D eigenvalue weighted by molar-refractivity contribution is 7.71. The largest absolute Gasteiger partial charge is 0.385 e. The molecule has 0 fully saturated rings. The normalized spacial score (nSPS) is 11.3. The topological polar surface area (TPSA) is 35.2 Å². The van der Waals surface area contributed by atoms with E-state index in [4.69, 9.17) is 17.0 Å². The molecular formula is C15H21FN4OS. The second kappa shape index (κ2) is 7.62. The molecule has 0 atom stereocenters. The number of nitrogens with zero attached hydrogens (tertiary/aromatic N) is 4. The van der Waals surface area contributed by atoms with Crippen LogP contribution in [-0.2, 0) is 18.5 Å². The van der Waals surface area contributed by atoms with Crippen LogP contribution in [0.25, 0.3) is 11.4 Å². The lowest BCUT2D eigenvalue weighted by molar-refractivity contribution is 0.168. The Morgan fingerprint density at radius 1 is 1.36 bits per heavy atom. The van der Waals surface area contributed by atoms with Crippen LogP contribution in [0.15, 0.2) is 24.3 Å². The predicted octanol–water partition coefficient (Wildman–Crippen LogP) is 2.68. The molecule has 0 unspecified atom stereocenters. The van der Waals surface area contributed by atoms with E-state index in [-0.39, 0.29) is 5.82 Å². The first-order chi connectivity index (χ1) is 10.5. The van der Waals surface area contributed by atoms with Crippen molar-refractivity contribution in [1.29, 1.82) is 0 Å². The van der Waals surface area contributed by atoms with Crippen molar-refractivity contribution in [2.24, 2.45) is 7.05 Å². The van der Waals surface area contributed by atoms with E-state index in [2.05, 4.69) is 10.00 Å². The number of methoxy groups -OCH3 is 1. The third kappa shape index (κ3) is 3.79. The molecule has 22 heavy (non-hydrogen) atoms. The smallest absolute Gasteiger partial charge is 0.199 e. The van der Waals surface area contributed by atoms with E-state index < -0.39 is 0 Å². The van der Waals surface area contributed by atoms with Crippen molar-refractivity contribution in [3.63, 3.8) is 0 Å². The maximum Gasteiger partial charge on any atom is 0.199 e. The van der Waals surface area contributed by atoms with Gasteiger partial charge in [0.05, 0.1) is 12.2 Å².